The Kier molecular flexibility index (Phi) is 3.23. The molecule has 0 aliphatic carbocycles. The largest absolute Gasteiger partial charge is 0.368 e. The van der Waals surface area contributed by atoms with Crippen molar-refractivity contribution in [3.8, 4) is 0 Å². The highest BCUT2D eigenvalue weighted by atomic mass is 32.1. The highest BCUT2D eigenvalue weighted by Crippen LogP contribution is 2.08. The van der Waals surface area contributed by atoms with E-state index in [1.165, 1.54) is 11.3 Å². The Bertz CT molecular complexity index is 294. The third kappa shape index (κ3) is 2.37. The Morgan fingerprint density at radius 3 is 3.36 bits per heavy atom. The van der Waals surface area contributed by atoms with Crippen molar-refractivity contribution in [3.63, 3.8) is 0 Å². The summed E-state index contributed by atoms with van der Waals surface area (Å²) in [5.41, 5.74) is 0. The zero-order chi connectivity index (χ0) is 9.80. The van der Waals surface area contributed by atoms with Crippen LogP contribution in [-0.4, -0.2) is 36.6 Å². The Labute approximate surface area is 86.3 Å². The number of ether oxygens (including phenoxy) is 1. The lowest BCUT2D eigenvalue weighted by atomic mass is 10.1. The van der Waals surface area contributed by atoms with Crippen LogP contribution in [-0.2, 0) is 16.0 Å². The second kappa shape index (κ2) is 4.63. The van der Waals surface area contributed by atoms with Crippen LogP contribution in [0.1, 0.15) is 5.01 Å². The molecule has 1 aliphatic rings. The van der Waals surface area contributed by atoms with Crippen molar-refractivity contribution < 1.29 is 9.53 Å². The molecule has 1 aliphatic heterocycles. The van der Waals surface area contributed by atoms with Gasteiger partial charge < -0.3 is 10.1 Å². The van der Waals surface area contributed by atoms with Gasteiger partial charge in [-0.2, -0.15) is 0 Å². The van der Waals surface area contributed by atoms with Gasteiger partial charge in [-0.05, 0) is 0 Å². The highest BCUT2D eigenvalue weighted by Gasteiger charge is 2.22. The Balaban J connectivity index is 1.88. The first-order valence-electron chi connectivity index (χ1n) is 4.59. The number of hydrogen-bond acceptors (Lipinski definition) is 5. The average Bonchev–Trinajstić information content (AvgIpc) is 2.72. The van der Waals surface area contributed by atoms with E-state index in [4.69, 9.17) is 4.74 Å². The number of nitrogens with one attached hydrogen (secondary N) is 1. The van der Waals surface area contributed by atoms with Crippen LogP contribution in [0.3, 0.4) is 0 Å². The summed E-state index contributed by atoms with van der Waals surface area (Å²) >= 11 is 1.51. The van der Waals surface area contributed by atoms with Gasteiger partial charge in [0.25, 0.3) is 0 Å². The van der Waals surface area contributed by atoms with Gasteiger partial charge in [0.2, 0.25) is 0 Å². The summed E-state index contributed by atoms with van der Waals surface area (Å²) in [6.07, 6.45) is 1.82. The Morgan fingerprint density at radius 1 is 1.79 bits per heavy atom. The number of aromatic nitrogens is 1. The number of thiazole rings is 1. The van der Waals surface area contributed by atoms with Crippen molar-refractivity contribution in [1.82, 2.24) is 10.3 Å². The first kappa shape index (κ1) is 9.76. The van der Waals surface area contributed by atoms with E-state index in [1.54, 1.807) is 6.20 Å². The van der Waals surface area contributed by atoms with Crippen molar-refractivity contribution in [3.05, 3.63) is 16.6 Å². The SMILES string of the molecule is O=C(Cc1nccs1)C1CNCCO1. The maximum absolute atomic E-state index is 11.7. The smallest absolute Gasteiger partial charge is 0.169 e. The van der Waals surface area contributed by atoms with Crippen LogP contribution in [0.25, 0.3) is 0 Å². The zero-order valence-corrected chi connectivity index (χ0v) is 8.55. The molecule has 1 unspecified atom stereocenters. The molecule has 76 valence electrons. The molecule has 0 amide bonds. The number of nitrogens with zero attached hydrogens (tertiary/aromatic N) is 1. The van der Waals surface area contributed by atoms with Crippen molar-refractivity contribution in [1.29, 1.82) is 0 Å². The van der Waals surface area contributed by atoms with Crippen molar-refractivity contribution >= 4 is 17.1 Å². The van der Waals surface area contributed by atoms with Gasteiger partial charge >= 0.3 is 0 Å². The molecule has 4 nitrogen and oxygen atoms in total. The maximum Gasteiger partial charge on any atom is 0.169 e. The lowest BCUT2D eigenvalue weighted by Crippen LogP contribution is -2.43. The third-order valence-corrected chi connectivity index (χ3v) is 2.88. The molecule has 1 N–H and O–H groups in total. The summed E-state index contributed by atoms with van der Waals surface area (Å²) < 4.78 is 5.35. The van der Waals surface area contributed by atoms with E-state index >= 15 is 0 Å². The summed E-state index contributed by atoms with van der Waals surface area (Å²) in [5.74, 6) is 0.118. The van der Waals surface area contributed by atoms with Crippen molar-refractivity contribution in [2.24, 2.45) is 0 Å². The van der Waals surface area contributed by atoms with E-state index in [2.05, 4.69) is 10.3 Å². The van der Waals surface area contributed by atoms with Crippen molar-refractivity contribution in [2.45, 2.75) is 12.5 Å². The minimum atomic E-state index is -0.285. The van der Waals surface area contributed by atoms with E-state index < -0.39 is 0 Å². The van der Waals surface area contributed by atoms with Crippen LogP contribution in [0, 0.1) is 0 Å². The first-order valence-corrected chi connectivity index (χ1v) is 5.47. The molecule has 1 aromatic rings. The number of ketones is 1. The number of carbonyl (C=O) groups is 1. The van der Waals surface area contributed by atoms with E-state index in [9.17, 15) is 4.79 Å². The molecular weight excluding hydrogens is 200 g/mol. The molecule has 2 rings (SSSR count). The molecule has 1 fully saturated rings. The fraction of sp³-hybridized carbons (Fsp3) is 0.556. The van der Waals surface area contributed by atoms with Crippen LogP contribution in [0.5, 0.6) is 0 Å². The first-order chi connectivity index (χ1) is 6.86. The molecule has 0 aromatic carbocycles. The number of Topliss-reactive ketones (excluding diaryl/α,β-unsaturated/α-hetero) is 1. The number of carbonyl (C=O) groups excluding carboxylic acids is 1. The van der Waals surface area contributed by atoms with Crippen LogP contribution >= 0.6 is 11.3 Å². The van der Waals surface area contributed by atoms with Crippen molar-refractivity contribution in [2.75, 3.05) is 19.7 Å². The van der Waals surface area contributed by atoms with Gasteiger partial charge in [-0.1, -0.05) is 0 Å². The second-order valence-corrected chi connectivity index (χ2v) is 4.11. The maximum atomic E-state index is 11.7. The molecule has 0 radical (unpaired) electrons. The molecule has 0 saturated carbocycles. The molecule has 1 atom stereocenters. The normalized spacial score (nSPS) is 22.1. The summed E-state index contributed by atoms with van der Waals surface area (Å²) in [6, 6.07) is 0. The van der Waals surface area contributed by atoms with Crippen LogP contribution < -0.4 is 5.32 Å². The van der Waals surface area contributed by atoms with Gasteiger partial charge in [-0.25, -0.2) is 4.98 Å². The van der Waals surface area contributed by atoms with Gasteiger partial charge in [0.1, 0.15) is 6.10 Å². The van der Waals surface area contributed by atoms with E-state index in [1.807, 2.05) is 5.38 Å². The van der Waals surface area contributed by atoms with E-state index in [-0.39, 0.29) is 11.9 Å². The molecular formula is C9H12N2O2S. The van der Waals surface area contributed by atoms with Gasteiger partial charge in [0, 0.05) is 24.7 Å². The molecule has 0 bridgehead atoms. The highest BCUT2D eigenvalue weighted by molar-refractivity contribution is 7.09. The van der Waals surface area contributed by atoms with Gasteiger partial charge in [0.05, 0.1) is 18.0 Å². The summed E-state index contributed by atoms with van der Waals surface area (Å²) in [6.45, 7) is 2.08. The molecule has 0 spiro atoms. The van der Waals surface area contributed by atoms with Crippen LogP contribution in [0.15, 0.2) is 11.6 Å². The fourth-order valence-electron chi connectivity index (χ4n) is 1.38. The van der Waals surface area contributed by atoms with Gasteiger partial charge in [0.15, 0.2) is 5.78 Å². The fourth-order valence-corrected chi connectivity index (χ4v) is 2.00. The summed E-state index contributed by atoms with van der Waals surface area (Å²) in [7, 11) is 0. The lowest BCUT2D eigenvalue weighted by molar-refractivity contribution is -0.131. The van der Waals surface area contributed by atoms with Gasteiger partial charge in [-0.15, -0.1) is 11.3 Å². The average molecular weight is 212 g/mol. The standard InChI is InChI=1S/C9H12N2O2S/c12-7(5-9-11-2-4-14-9)8-6-10-1-3-13-8/h2,4,8,10H,1,3,5-6H2. The topological polar surface area (TPSA) is 51.2 Å². The molecule has 14 heavy (non-hydrogen) atoms. The summed E-state index contributed by atoms with van der Waals surface area (Å²) in [5, 5.41) is 5.88. The predicted octanol–water partition coefficient (Wildman–Crippen LogP) is 0.243. The number of hydrogen-bond donors (Lipinski definition) is 1. The van der Waals surface area contributed by atoms with E-state index in [0.717, 1.165) is 11.6 Å². The molecule has 2 heterocycles. The van der Waals surface area contributed by atoms with Crippen LogP contribution in [0.2, 0.25) is 0 Å². The summed E-state index contributed by atoms with van der Waals surface area (Å²) in [4.78, 5) is 15.7. The minimum Gasteiger partial charge on any atom is -0.368 e. The predicted molar refractivity (Wildman–Crippen MR) is 53.4 cm³/mol. The van der Waals surface area contributed by atoms with Gasteiger partial charge in [-0.3, -0.25) is 4.79 Å². The quantitative estimate of drug-likeness (QED) is 0.780. The molecule has 5 heteroatoms. The molecule has 1 saturated heterocycles. The Hall–Kier alpha value is -0.780. The van der Waals surface area contributed by atoms with E-state index in [0.29, 0.717) is 19.6 Å². The zero-order valence-electron chi connectivity index (χ0n) is 7.73. The van der Waals surface area contributed by atoms with Crippen LogP contribution in [0.4, 0.5) is 0 Å². The monoisotopic (exact) mass is 212 g/mol. The molecule has 1 aromatic heterocycles. The second-order valence-electron chi connectivity index (χ2n) is 3.13. The minimum absolute atomic E-state index is 0.118. The number of rotatable bonds is 3. The Morgan fingerprint density at radius 2 is 2.71 bits per heavy atom. The third-order valence-electron chi connectivity index (χ3n) is 2.10. The lowest BCUT2D eigenvalue weighted by Gasteiger charge is -2.21. The number of morpholine rings is 1.